The van der Waals surface area contributed by atoms with E-state index in [0.717, 1.165) is 27.7 Å². The van der Waals surface area contributed by atoms with E-state index in [0.29, 0.717) is 0 Å². The molecular weight excluding hydrogens is 424 g/mol. The molecule has 0 aliphatic heterocycles. The standard InChI is InChI=1S/4C2H4O2.Ca.Cu.6H2O/c4*1-2(3)4;;;;;;;;/h4*1H3,(H,3,4);;;6*1H2/q;;;;+2;;;;;;;/p-2. The molecule has 0 aliphatic carbocycles. The summed E-state index contributed by atoms with van der Waals surface area (Å²) in [4.78, 5) is 35.8. The van der Waals surface area contributed by atoms with E-state index in [9.17, 15) is 0 Å². The first-order valence-electron chi connectivity index (χ1n) is 3.67. The summed E-state index contributed by atoms with van der Waals surface area (Å²) in [5.74, 6) is -3.83. The van der Waals surface area contributed by atoms with Crippen LogP contribution >= 0.6 is 0 Å². The quantitative estimate of drug-likeness (QED) is 0.333. The molecule has 0 aliphatic rings. The topological polar surface area (TPSA) is 344 Å². The molecular formula is C8H26CaCuO14. The fourth-order valence-electron chi connectivity index (χ4n) is 0. The second-order valence-corrected chi connectivity index (χ2v) is 2.02. The Kier molecular flexibility index (Phi) is 297. The molecule has 0 amide bonds. The van der Waals surface area contributed by atoms with Crippen LogP contribution in [-0.4, -0.2) is 105 Å². The first-order valence-corrected chi connectivity index (χ1v) is 3.67. The minimum absolute atomic E-state index is 0. The van der Waals surface area contributed by atoms with Crippen LogP contribution in [0.25, 0.3) is 0 Å². The van der Waals surface area contributed by atoms with Crippen LogP contribution < -0.4 is 10.2 Å². The van der Waals surface area contributed by atoms with E-state index in [2.05, 4.69) is 0 Å². The van der Waals surface area contributed by atoms with Gasteiger partial charge in [0.1, 0.15) is 0 Å². The Morgan fingerprint density at radius 2 is 0.583 bits per heavy atom. The maximum Gasteiger partial charge on any atom is 2.00 e. The Labute approximate surface area is 178 Å². The fourth-order valence-corrected chi connectivity index (χ4v) is 0. The minimum atomic E-state index is -1.08. The zero-order valence-electron chi connectivity index (χ0n) is 13.4. The summed E-state index contributed by atoms with van der Waals surface area (Å²) in [6, 6.07) is 0. The molecule has 0 spiro atoms. The van der Waals surface area contributed by atoms with Crippen molar-refractivity contribution in [3.8, 4) is 0 Å². The Hall–Kier alpha value is -0.581. The number of carboxylic acids is 4. The molecule has 0 saturated carbocycles. The monoisotopic (exact) mass is 449 g/mol. The number of hydrogen-bond donors (Lipinski definition) is 2. The maximum atomic E-state index is 9.00. The summed E-state index contributed by atoms with van der Waals surface area (Å²) in [5, 5.41) is 32.6. The first kappa shape index (κ1) is 90.3. The second kappa shape index (κ2) is 78.9. The van der Waals surface area contributed by atoms with Crippen molar-refractivity contribution >= 4 is 61.6 Å². The van der Waals surface area contributed by atoms with Crippen molar-refractivity contribution in [2.45, 2.75) is 27.7 Å². The van der Waals surface area contributed by atoms with Crippen molar-refractivity contribution in [2.75, 3.05) is 0 Å². The van der Waals surface area contributed by atoms with E-state index in [4.69, 9.17) is 39.6 Å². The van der Waals surface area contributed by atoms with Gasteiger partial charge in [-0.05, 0) is 13.8 Å². The first-order chi connectivity index (χ1) is 6.93. The van der Waals surface area contributed by atoms with E-state index >= 15 is 0 Å². The van der Waals surface area contributed by atoms with E-state index in [-0.39, 0.29) is 87.7 Å². The molecule has 14 N–H and O–H groups in total. The number of carbonyl (C=O) groups is 4. The van der Waals surface area contributed by atoms with Crippen molar-refractivity contribution in [1.29, 1.82) is 0 Å². The third-order valence-electron chi connectivity index (χ3n) is 0. The fraction of sp³-hybridized carbons (Fsp3) is 0.500. The maximum absolute atomic E-state index is 9.00. The van der Waals surface area contributed by atoms with E-state index < -0.39 is 23.9 Å². The number of carboxylic acid groups (broad SMARTS) is 4. The molecule has 16 heteroatoms. The number of rotatable bonds is 0. The normalized spacial score (nSPS) is 4.17. The van der Waals surface area contributed by atoms with Gasteiger partial charge in [0.05, 0.1) is 0 Å². The van der Waals surface area contributed by atoms with Gasteiger partial charge in [0.25, 0.3) is 11.9 Å². The van der Waals surface area contributed by atoms with Gasteiger partial charge < -0.3 is 62.9 Å². The van der Waals surface area contributed by atoms with Crippen LogP contribution in [0.2, 0.25) is 0 Å². The minimum Gasteiger partial charge on any atom is -0.550 e. The molecule has 24 heavy (non-hydrogen) atoms. The van der Waals surface area contributed by atoms with Gasteiger partial charge in [0.15, 0.2) is 0 Å². The number of carbonyl (C=O) groups excluding carboxylic acids is 2. The van der Waals surface area contributed by atoms with Gasteiger partial charge in [-0.25, -0.2) is 0 Å². The van der Waals surface area contributed by atoms with Crippen LogP contribution in [0, 0.1) is 0 Å². The van der Waals surface area contributed by atoms with Gasteiger partial charge >= 0.3 is 37.7 Å². The third-order valence-corrected chi connectivity index (χ3v) is 0. The Morgan fingerprint density at radius 1 is 0.583 bits per heavy atom. The SMILES string of the molecule is CC(=O)O.CC(=O)O.CC(=O)[O-].CC(=O)[O-].O.O.O.O.O.O.[Ca+2].[Cu]. The molecule has 0 unspecified atom stereocenters. The molecule has 0 saturated heterocycles. The van der Waals surface area contributed by atoms with Gasteiger partial charge in [-0.3, -0.25) is 9.59 Å². The summed E-state index contributed by atoms with van der Waals surface area (Å²) >= 11 is 0. The predicted molar refractivity (Wildman–Crippen MR) is 75.4 cm³/mol. The molecule has 0 aromatic rings. The van der Waals surface area contributed by atoms with Crippen LogP contribution in [0.3, 0.4) is 0 Å². The molecule has 0 bridgehead atoms. The molecule has 0 fully saturated rings. The predicted octanol–water partition coefficient (Wildman–Crippen LogP) is -7.64. The van der Waals surface area contributed by atoms with Crippen molar-refractivity contribution < 1.29 is 89.5 Å². The van der Waals surface area contributed by atoms with Crippen LogP contribution in [0.5, 0.6) is 0 Å². The molecule has 0 rings (SSSR count). The second-order valence-electron chi connectivity index (χ2n) is 2.02. The average molecular weight is 450 g/mol. The summed E-state index contributed by atoms with van der Waals surface area (Å²) < 4.78 is 0. The number of hydrogen-bond acceptors (Lipinski definition) is 6. The average Bonchev–Trinajstić information content (AvgIpc) is 1.76. The largest absolute Gasteiger partial charge is 2.00 e. The molecule has 1 radical (unpaired) electrons. The smallest absolute Gasteiger partial charge is 0.550 e. The van der Waals surface area contributed by atoms with Crippen LogP contribution in [0.1, 0.15) is 27.7 Å². The molecule has 14 nitrogen and oxygen atoms in total. The summed E-state index contributed by atoms with van der Waals surface area (Å²) in [5.41, 5.74) is 0. The van der Waals surface area contributed by atoms with Crippen molar-refractivity contribution in [1.82, 2.24) is 0 Å². The van der Waals surface area contributed by atoms with E-state index in [1.165, 1.54) is 0 Å². The molecule has 155 valence electrons. The van der Waals surface area contributed by atoms with E-state index in [1.807, 2.05) is 0 Å². The summed E-state index contributed by atoms with van der Waals surface area (Å²) in [6.07, 6.45) is 0. The van der Waals surface area contributed by atoms with Crippen molar-refractivity contribution in [2.24, 2.45) is 0 Å². The van der Waals surface area contributed by atoms with Gasteiger partial charge in [0, 0.05) is 42.9 Å². The Morgan fingerprint density at radius 3 is 0.583 bits per heavy atom. The van der Waals surface area contributed by atoms with Gasteiger partial charge in [-0.15, -0.1) is 0 Å². The van der Waals surface area contributed by atoms with Gasteiger partial charge in [-0.1, -0.05) is 0 Å². The molecule has 0 atom stereocenters. The summed E-state index contributed by atoms with van der Waals surface area (Å²) in [6.45, 7) is 4.11. The zero-order chi connectivity index (χ0) is 14.3. The van der Waals surface area contributed by atoms with E-state index in [1.54, 1.807) is 0 Å². The van der Waals surface area contributed by atoms with Gasteiger partial charge in [0.2, 0.25) is 0 Å². The van der Waals surface area contributed by atoms with Crippen molar-refractivity contribution in [3.05, 3.63) is 0 Å². The van der Waals surface area contributed by atoms with Crippen LogP contribution in [0.15, 0.2) is 0 Å². The molecule has 0 heterocycles. The molecule has 0 aromatic carbocycles. The zero-order valence-corrected chi connectivity index (χ0v) is 16.5. The summed E-state index contributed by atoms with van der Waals surface area (Å²) in [7, 11) is 0. The number of aliphatic carboxylic acids is 4. The van der Waals surface area contributed by atoms with Crippen molar-refractivity contribution in [3.63, 3.8) is 0 Å². The van der Waals surface area contributed by atoms with Crippen LogP contribution in [-0.2, 0) is 36.2 Å². The molecule has 0 aromatic heterocycles. The Balaban J connectivity index is -0.00000000720. The third kappa shape index (κ3) is 26500. The van der Waals surface area contributed by atoms with Gasteiger partial charge in [-0.2, -0.15) is 0 Å². The Bertz CT molecular complexity index is 173. The van der Waals surface area contributed by atoms with Crippen LogP contribution in [0.4, 0.5) is 0 Å².